The Morgan fingerprint density at radius 1 is 1.00 bits per heavy atom. The number of rotatable bonds is 6. The molecular formula is C22H24N2O5. The van der Waals surface area contributed by atoms with E-state index in [0.717, 1.165) is 11.3 Å². The number of nitrogens with one attached hydrogen (secondary N) is 1. The van der Waals surface area contributed by atoms with E-state index in [-0.39, 0.29) is 30.6 Å². The molecule has 1 N–H and O–H groups in total. The van der Waals surface area contributed by atoms with Crippen molar-refractivity contribution in [1.82, 2.24) is 0 Å². The van der Waals surface area contributed by atoms with Gasteiger partial charge in [0.15, 0.2) is 0 Å². The zero-order chi connectivity index (χ0) is 20.8. The van der Waals surface area contributed by atoms with Crippen LogP contribution in [0.1, 0.15) is 18.5 Å². The molecule has 1 heterocycles. The smallest absolute Gasteiger partial charge is 0.355 e. The fourth-order valence-electron chi connectivity index (χ4n) is 3.22. The second kappa shape index (κ2) is 9.25. The molecule has 0 aliphatic carbocycles. The molecule has 1 unspecified atom stereocenters. The molecule has 1 aliphatic heterocycles. The van der Waals surface area contributed by atoms with Gasteiger partial charge in [-0.25, -0.2) is 9.59 Å². The Morgan fingerprint density at radius 2 is 1.66 bits per heavy atom. The Labute approximate surface area is 169 Å². The third-order valence-corrected chi connectivity index (χ3v) is 4.70. The van der Waals surface area contributed by atoms with Crippen LogP contribution in [0.15, 0.2) is 65.9 Å². The van der Waals surface area contributed by atoms with Gasteiger partial charge in [0.05, 0.1) is 37.8 Å². The zero-order valence-corrected chi connectivity index (χ0v) is 16.7. The van der Waals surface area contributed by atoms with Crippen molar-refractivity contribution in [2.75, 3.05) is 37.8 Å². The summed E-state index contributed by atoms with van der Waals surface area (Å²) < 4.78 is 15.3. The van der Waals surface area contributed by atoms with Crippen LogP contribution in [-0.2, 0) is 23.8 Å². The number of benzene rings is 2. The largest absolute Gasteiger partial charge is 0.466 e. The van der Waals surface area contributed by atoms with E-state index in [1.165, 1.54) is 14.2 Å². The molecule has 0 bridgehead atoms. The minimum atomic E-state index is -0.627. The van der Waals surface area contributed by atoms with Gasteiger partial charge in [0, 0.05) is 6.04 Å². The summed E-state index contributed by atoms with van der Waals surface area (Å²) in [5.74, 6) is -1.25. The van der Waals surface area contributed by atoms with Crippen LogP contribution in [-0.4, -0.2) is 39.5 Å². The van der Waals surface area contributed by atoms with Crippen LogP contribution in [0.25, 0.3) is 0 Å². The van der Waals surface area contributed by atoms with E-state index >= 15 is 0 Å². The molecule has 2 aromatic carbocycles. The quantitative estimate of drug-likeness (QED) is 0.751. The number of methoxy groups -OCH3 is 2. The average molecular weight is 396 g/mol. The van der Waals surface area contributed by atoms with Crippen LogP contribution in [0, 0.1) is 0 Å². The molecule has 0 saturated carbocycles. The van der Waals surface area contributed by atoms with E-state index in [0.29, 0.717) is 5.69 Å². The van der Waals surface area contributed by atoms with Crippen LogP contribution in [0.5, 0.6) is 0 Å². The lowest BCUT2D eigenvalue weighted by atomic mass is 10.1. The number of nitrogens with zero attached hydrogens (tertiary/aromatic N) is 1. The van der Waals surface area contributed by atoms with Crippen molar-refractivity contribution in [2.45, 2.75) is 13.0 Å². The van der Waals surface area contributed by atoms with Gasteiger partial charge in [0.2, 0.25) is 0 Å². The summed E-state index contributed by atoms with van der Waals surface area (Å²) in [4.78, 5) is 26.4. The fourth-order valence-corrected chi connectivity index (χ4v) is 3.22. The standard InChI is InChI=1S/C22H24N2O5/c1-15(16-9-5-4-6-10-16)23-18-11-7-8-12-19(18)24-14-29-13-17(21(25)27-2)20(24)22(26)28-3/h4-12,15,23H,13-14H2,1-3H3. The average Bonchev–Trinajstić information content (AvgIpc) is 2.78. The third-order valence-electron chi connectivity index (χ3n) is 4.70. The van der Waals surface area contributed by atoms with Crippen molar-refractivity contribution in [3.63, 3.8) is 0 Å². The third kappa shape index (κ3) is 4.41. The van der Waals surface area contributed by atoms with Gasteiger partial charge >= 0.3 is 11.9 Å². The number of carbonyl (C=O) groups excluding carboxylic acids is 2. The molecule has 29 heavy (non-hydrogen) atoms. The maximum Gasteiger partial charge on any atom is 0.355 e. The molecular weight excluding hydrogens is 372 g/mol. The Hall–Kier alpha value is -3.32. The van der Waals surface area contributed by atoms with Crippen LogP contribution in [0.4, 0.5) is 11.4 Å². The van der Waals surface area contributed by atoms with Crippen LogP contribution < -0.4 is 10.2 Å². The first-order chi connectivity index (χ1) is 14.1. The molecule has 0 fully saturated rings. The number of carbonyl (C=O) groups is 2. The second-order valence-corrected chi connectivity index (χ2v) is 6.51. The second-order valence-electron chi connectivity index (χ2n) is 6.51. The predicted molar refractivity (Wildman–Crippen MR) is 109 cm³/mol. The molecule has 7 nitrogen and oxygen atoms in total. The minimum Gasteiger partial charge on any atom is -0.466 e. The molecule has 152 valence electrons. The number of esters is 2. The summed E-state index contributed by atoms with van der Waals surface area (Å²) in [6, 6.07) is 17.6. The first-order valence-corrected chi connectivity index (χ1v) is 9.22. The highest BCUT2D eigenvalue weighted by molar-refractivity contribution is 6.04. The molecule has 0 radical (unpaired) electrons. The van der Waals surface area contributed by atoms with Crippen molar-refractivity contribution >= 4 is 23.3 Å². The summed E-state index contributed by atoms with van der Waals surface area (Å²) in [5.41, 5.74) is 2.84. The number of para-hydroxylation sites is 2. The van der Waals surface area contributed by atoms with Crippen molar-refractivity contribution in [3.05, 3.63) is 71.4 Å². The van der Waals surface area contributed by atoms with Gasteiger partial charge in [0.1, 0.15) is 12.4 Å². The highest BCUT2D eigenvalue weighted by Crippen LogP contribution is 2.34. The summed E-state index contributed by atoms with van der Waals surface area (Å²) >= 11 is 0. The summed E-state index contributed by atoms with van der Waals surface area (Å²) in [6.45, 7) is 2.13. The maximum absolute atomic E-state index is 12.5. The van der Waals surface area contributed by atoms with Crippen molar-refractivity contribution in [3.8, 4) is 0 Å². The van der Waals surface area contributed by atoms with E-state index in [9.17, 15) is 9.59 Å². The molecule has 7 heteroatoms. The zero-order valence-electron chi connectivity index (χ0n) is 16.7. The lowest BCUT2D eigenvalue weighted by molar-refractivity contribution is -0.140. The number of hydrogen-bond acceptors (Lipinski definition) is 7. The van der Waals surface area contributed by atoms with Gasteiger partial charge < -0.3 is 24.4 Å². The van der Waals surface area contributed by atoms with Crippen LogP contribution >= 0.6 is 0 Å². The van der Waals surface area contributed by atoms with Crippen LogP contribution in [0.3, 0.4) is 0 Å². The normalized spacial score (nSPS) is 14.9. The van der Waals surface area contributed by atoms with E-state index < -0.39 is 11.9 Å². The molecule has 0 saturated heterocycles. The highest BCUT2D eigenvalue weighted by atomic mass is 16.5. The van der Waals surface area contributed by atoms with Gasteiger partial charge in [-0.2, -0.15) is 0 Å². The Morgan fingerprint density at radius 3 is 2.34 bits per heavy atom. The van der Waals surface area contributed by atoms with E-state index in [1.54, 1.807) is 4.90 Å². The molecule has 0 amide bonds. The molecule has 0 aromatic heterocycles. The lowest BCUT2D eigenvalue weighted by Gasteiger charge is -2.33. The Kier molecular flexibility index (Phi) is 6.51. The Bertz CT molecular complexity index is 910. The summed E-state index contributed by atoms with van der Waals surface area (Å²) in [5, 5.41) is 3.47. The molecule has 0 spiro atoms. The van der Waals surface area contributed by atoms with Crippen molar-refractivity contribution < 1.29 is 23.8 Å². The number of ether oxygens (including phenoxy) is 3. The van der Waals surface area contributed by atoms with Gasteiger partial charge in [-0.3, -0.25) is 0 Å². The Balaban J connectivity index is 2.01. The maximum atomic E-state index is 12.5. The number of hydrogen-bond donors (Lipinski definition) is 1. The fraction of sp³-hybridized carbons (Fsp3) is 0.273. The van der Waals surface area contributed by atoms with Crippen molar-refractivity contribution in [1.29, 1.82) is 0 Å². The molecule has 3 rings (SSSR count). The van der Waals surface area contributed by atoms with Crippen LogP contribution in [0.2, 0.25) is 0 Å². The highest BCUT2D eigenvalue weighted by Gasteiger charge is 2.33. The summed E-state index contributed by atoms with van der Waals surface area (Å²) in [7, 11) is 2.54. The molecule has 2 aromatic rings. The van der Waals surface area contributed by atoms with Gasteiger partial charge in [-0.1, -0.05) is 42.5 Å². The predicted octanol–water partition coefficient (Wildman–Crippen LogP) is 3.25. The van der Waals surface area contributed by atoms with Gasteiger partial charge in [-0.15, -0.1) is 0 Å². The van der Waals surface area contributed by atoms with E-state index in [2.05, 4.69) is 12.2 Å². The lowest BCUT2D eigenvalue weighted by Crippen LogP contribution is -2.39. The topological polar surface area (TPSA) is 77.1 Å². The van der Waals surface area contributed by atoms with E-state index in [1.807, 2.05) is 54.6 Å². The first kappa shape index (κ1) is 20.4. The van der Waals surface area contributed by atoms with Gasteiger partial charge in [0.25, 0.3) is 0 Å². The van der Waals surface area contributed by atoms with Gasteiger partial charge in [-0.05, 0) is 24.6 Å². The van der Waals surface area contributed by atoms with E-state index in [4.69, 9.17) is 14.2 Å². The number of anilines is 2. The first-order valence-electron chi connectivity index (χ1n) is 9.22. The van der Waals surface area contributed by atoms with Crippen molar-refractivity contribution in [2.24, 2.45) is 0 Å². The summed E-state index contributed by atoms with van der Waals surface area (Å²) in [6.07, 6.45) is 0. The minimum absolute atomic E-state index is 0.0219. The SMILES string of the molecule is COC(=O)C1=C(C(=O)OC)N(c2ccccc2NC(C)c2ccccc2)COC1. The molecule has 1 aliphatic rings. The monoisotopic (exact) mass is 396 g/mol. The molecule has 1 atom stereocenters.